The number of carbonyl (C=O) groups excluding carboxylic acids is 1. The summed E-state index contributed by atoms with van der Waals surface area (Å²) in [6.45, 7) is 9.34. The molecule has 1 atom stereocenters. The molecule has 0 fully saturated rings. The average Bonchev–Trinajstić information content (AvgIpc) is 3.19. The van der Waals surface area contributed by atoms with Gasteiger partial charge in [0, 0.05) is 37.4 Å². The van der Waals surface area contributed by atoms with E-state index in [1.165, 1.54) is 16.7 Å². The second kappa shape index (κ2) is 8.84. The van der Waals surface area contributed by atoms with E-state index in [0.717, 1.165) is 49.6 Å². The Morgan fingerprint density at radius 3 is 2.53 bits per heavy atom. The number of carbonyl (C=O) groups is 1. The maximum absolute atomic E-state index is 12.7. The highest BCUT2D eigenvalue weighted by Crippen LogP contribution is 2.36. The lowest BCUT2D eigenvalue weighted by atomic mass is 9.87. The minimum atomic E-state index is 0.0968. The Bertz CT molecular complexity index is 1000. The van der Waals surface area contributed by atoms with Gasteiger partial charge in [0.15, 0.2) is 0 Å². The van der Waals surface area contributed by atoms with Crippen molar-refractivity contribution in [3.63, 3.8) is 0 Å². The first kappa shape index (κ1) is 20.4. The first-order chi connectivity index (χ1) is 14.6. The fraction of sp³-hybridized carbons (Fsp3) is 0.360. The number of fused-ring (bicyclic) bond motifs is 1. The third-order valence-electron chi connectivity index (χ3n) is 6.19. The Hall–Kier alpha value is -2.92. The quantitative estimate of drug-likeness (QED) is 0.667. The van der Waals surface area contributed by atoms with Gasteiger partial charge in [0.1, 0.15) is 0 Å². The van der Waals surface area contributed by atoms with Crippen molar-refractivity contribution in [3.8, 4) is 0 Å². The number of H-pyrrole nitrogens is 1. The van der Waals surface area contributed by atoms with Gasteiger partial charge in [0.2, 0.25) is 0 Å². The van der Waals surface area contributed by atoms with Crippen LogP contribution in [0.1, 0.15) is 58.3 Å². The highest BCUT2D eigenvalue weighted by molar-refractivity contribution is 5.94. The molecule has 0 spiro atoms. The predicted octanol–water partition coefficient (Wildman–Crippen LogP) is 4.35. The minimum absolute atomic E-state index is 0.0968. The monoisotopic (exact) mass is 402 g/mol. The molecule has 1 aliphatic rings. The number of aromatic nitrogens is 2. The molecule has 1 N–H and O–H groups in total. The van der Waals surface area contributed by atoms with Crippen LogP contribution in [0.3, 0.4) is 0 Å². The van der Waals surface area contributed by atoms with E-state index in [-0.39, 0.29) is 11.9 Å². The zero-order chi connectivity index (χ0) is 21.1. The maximum atomic E-state index is 12.7. The van der Waals surface area contributed by atoms with Gasteiger partial charge in [0.25, 0.3) is 5.91 Å². The molecule has 1 aliphatic heterocycles. The van der Waals surface area contributed by atoms with Crippen LogP contribution in [0, 0.1) is 6.92 Å². The molecule has 3 aromatic rings. The van der Waals surface area contributed by atoms with Crippen LogP contribution in [-0.2, 0) is 13.0 Å². The Labute approximate surface area is 178 Å². The van der Waals surface area contributed by atoms with Gasteiger partial charge in [-0.05, 0) is 56.0 Å². The largest absolute Gasteiger partial charge is 0.348 e. The van der Waals surface area contributed by atoms with Crippen LogP contribution >= 0.6 is 0 Å². The van der Waals surface area contributed by atoms with Gasteiger partial charge in [-0.25, -0.2) is 4.98 Å². The second-order valence-corrected chi connectivity index (χ2v) is 7.90. The predicted molar refractivity (Wildman–Crippen MR) is 119 cm³/mol. The van der Waals surface area contributed by atoms with Crippen LogP contribution < -0.4 is 0 Å². The van der Waals surface area contributed by atoms with E-state index in [1.54, 1.807) is 6.33 Å². The lowest BCUT2D eigenvalue weighted by Gasteiger charge is -2.37. The summed E-state index contributed by atoms with van der Waals surface area (Å²) in [4.78, 5) is 24.8. The van der Waals surface area contributed by atoms with Gasteiger partial charge in [-0.3, -0.25) is 9.69 Å². The van der Waals surface area contributed by atoms with Gasteiger partial charge in [-0.15, -0.1) is 0 Å². The van der Waals surface area contributed by atoms with Crippen molar-refractivity contribution in [2.75, 3.05) is 19.6 Å². The lowest BCUT2D eigenvalue weighted by Crippen LogP contribution is -2.36. The van der Waals surface area contributed by atoms with Crippen molar-refractivity contribution in [2.24, 2.45) is 0 Å². The van der Waals surface area contributed by atoms with Crippen molar-refractivity contribution in [1.29, 1.82) is 0 Å². The molecule has 0 bridgehead atoms. The molecule has 0 saturated heterocycles. The zero-order valence-electron chi connectivity index (χ0n) is 18.1. The molecule has 156 valence electrons. The summed E-state index contributed by atoms with van der Waals surface area (Å²) < 4.78 is 0. The molecule has 2 heterocycles. The molecule has 0 aliphatic carbocycles. The first-order valence-corrected chi connectivity index (χ1v) is 10.8. The number of amides is 1. The number of benzene rings is 2. The van der Waals surface area contributed by atoms with Crippen LogP contribution in [0.2, 0.25) is 0 Å². The highest BCUT2D eigenvalue weighted by atomic mass is 16.2. The Morgan fingerprint density at radius 1 is 1.13 bits per heavy atom. The fourth-order valence-electron chi connectivity index (χ4n) is 4.42. The van der Waals surface area contributed by atoms with Crippen LogP contribution in [0.25, 0.3) is 0 Å². The summed E-state index contributed by atoms with van der Waals surface area (Å²) in [5, 5.41) is 0. The van der Waals surface area contributed by atoms with E-state index in [2.05, 4.69) is 58.2 Å². The van der Waals surface area contributed by atoms with Crippen LogP contribution in [0.15, 0.2) is 54.9 Å². The number of imidazole rings is 1. The summed E-state index contributed by atoms with van der Waals surface area (Å²) >= 11 is 0. The number of nitrogens with one attached hydrogen (secondary N) is 1. The fourth-order valence-corrected chi connectivity index (χ4v) is 4.42. The van der Waals surface area contributed by atoms with Crippen LogP contribution in [-0.4, -0.2) is 45.3 Å². The van der Waals surface area contributed by atoms with Crippen molar-refractivity contribution >= 4 is 5.91 Å². The van der Waals surface area contributed by atoms with Gasteiger partial charge < -0.3 is 9.88 Å². The zero-order valence-corrected chi connectivity index (χ0v) is 18.1. The smallest absolute Gasteiger partial charge is 0.253 e. The third-order valence-corrected chi connectivity index (χ3v) is 6.19. The summed E-state index contributed by atoms with van der Waals surface area (Å²) in [7, 11) is 0. The van der Waals surface area contributed by atoms with E-state index in [1.807, 2.05) is 30.9 Å². The average molecular weight is 403 g/mol. The second-order valence-electron chi connectivity index (χ2n) is 7.90. The first-order valence-electron chi connectivity index (χ1n) is 10.8. The Kier molecular flexibility index (Phi) is 6.00. The molecule has 4 rings (SSSR count). The third kappa shape index (κ3) is 3.90. The normalized spacial score (nSPS) is 16.3. The minimum Gasteiger partial charge on any atom is -0.348 e. The van der Waals surface area contributed by atoms with Crippen molar-refractivity contribution in [2.45, 2.75) is 39.8 Å². The SMILES string of the molecule is CCN(CC)C(=O)c1ccc(C2c3ccccc3CCN2Cc2nc[nH]c2C)cc1. The van der Waals surface area contributed by atoms with E-state index in [0.29, 0.717) is 0 Å². The number of aromatic amines is 1. The number of rotatable bonds is 6. The molecule has 5 nitrogen and oxygen atoms in total. The Balaban J connectivity index is 1.67. The molecule has 2 aromatic carbocycles. The summed E-state index contributed by atoms with van der Waals surface area (Å²) in [6, 6.07) is 17.1. The lowest BCUT2D eigenvalue weighted by molar-refractivity contribution is 0.0773. The number of hydrogen-bond acceptors (Lipinski definition) is 3. The number of hydrogen-bond donors (Lipinski definition) is 1. The molecule has 1 unspecified atom stereocenters. The van der Waals surface area contributed by atoms with E-state index < -0.39 is 0 Å². The van der Waals surface area contributed by atoms with Gasteiger partial charge in [-0.1, -0.05) is 36.4 Å². The molecular weight excluding hydrogens is 372 g/mol. The number of aryl methyl sites for hydroxylation is 1. The topological polar surface area (TPSA) is 52.2 Å². The summed E-state index contributed by atoms with van der Waals surface area (Å²) in [6.07, 6.45) is 2.81. The molecule has 1 aromatic heterocycles. The van der Waals surface area contributed by atoms with Crippen LogP contribution in [0.4, 0.5) is 0 Å². The molecule has 5 heteroatoms. The van der Waals surface area contributed by atoms with Gasteiger partial charge >= 0.3 is 0 Å². The van der Waals surface area contributed by atoms with Crippen molar-refractivity contribution < 1.29 is 4.79 Å². The standard InChI is InChI=1S/C25H30N4O/c1-4-28(5-2)25(30)21-12-10-20(11-13-21)24-22-9-7-6-8-19(22)14-15-29(24)16-23-18(3)26-17-27-23/h6-13,17,24H,4-5,14-16H2,1-3H3,(H,26,27). The maximum Gasteiger partial charge on any atom is 0.253 e. The van der Waals surface area contributed by atoms with Crippen molar-refractivity contribution in [1.82, 2.24) is 19.8 Å². The molecule has 0 radical (unpaired) electrons. The highest BCUT2D eigenvalue weighted by Gasteiger charge is 2.29. The summed E-state index contributed by atoms with van der Waals surface area (Å²) in [5.74, 6) is 0.0968. The molecular formula is C25H30N4O. The van der Waals surface area contributed by atoms with E-state index in [4.69, 9.17) is 0 Å². The van der Waals surface area contributed by atoms with Crippen LogP contribution in [0.5, 0.6) is 0 Å². The molecule has 0 saturated carbocycles. The molecule has 1 amide bonds. The summed E-state index contributed by atoms with van der Waals surface area (Å²) in [5.41, 5.74) is 6.92. The van der Waals surface area contributed by atoms with Crippen molar-refractivity contribution in [3.05, 3.63) is 88.5 Å². The Morgan fingerprint density at radius 2 is 1.87 bits per heavy atom. The van der Waals surface area contributed by atoms with E-state index >= 15 is 0 Å². The number of nitrogens with zero attached hydrogens (tertiary/aromatic N) is 3. The van der Waals surface area contributed by atoms with Gasteiger partial charge in [-0.2, -0.15) is 0 Å². The molecule has 30 heavy (non-hydrogen) atoms. The van der Waals surface area contributed by atoms with Gasteiger partial charge in [0.05, 0.1) is 18.1 Å². The van der Waals surface area contributed by atoms with E-state index in [9.17, 15) is 4.79 Å².